The summed E-state index contributed by atoms with van der Waals surface area (Å²) in [6.45, 7) is 10.5. The van der Waals surface area contributed by atoms with E-state index in [1.54, 1.807) is 0 Å². The summed E-state index contributed by atoms with van der Waals surface area (Å²) in [6, 6.07) is 1.99. The summed E-state index contributed by atoms with van der Waals surface area (Å²) in [4.78, 5) is 8.80. The van der Waals surface area contributed by atoms with Crippen LogP contribution in [0.15, 0.2) is 6.07 Å². The first-order chi connectivity index (χ1) is 8.69. The van der Waals surface area contributed by atoms with Crippen LogP contribution in [0.1, 0.15) is 45.9 Å². The van der Waals surface area contributed by atoms with Gasteiger partial charge in [0.1, 0.15) is 17.5 Å². The van der Waals surface area contributed by atoms with Gasteiger partial charge in [0.05, 0.1) is 0 Å². The molecule has 0 atom stereocenters. The summed E-state index contributed by atoms with van der Waals surface area (Å²) >= 11 is 0. The molecule has 0 aliphatic heterocycles. The molecule has 1 aromatic rings. The van der Waals surface area contributed by atoms with E-state index in [1.165, 1.54) is 12.8 Å². The molecule has 2 N–H and O–H groups in total. The third kappa shape index (κ3) is 4.90. The lowest BCUT2D eigenvalue weighted by Crippen LogP contribution is -2.14. The number of hydrogen-bond donors (Lipinski definition) is 2. The van der Waals surface area contributed by atoms with Crippen molar-refractivity contribution in [2.75, 3.05) is 23.7 Å². The Hall–Kier alpha value is -1.32. The molecule has 18 heavy (non-hydrogen) atoms. The van der Waals surface area contributed by atoms with Crippen molar-refractivity contribution in [3.63, 3.8) is 0 Å². The van der Waals surface area contributed by atoms with Gasteiger partial charge in [-0.3, -0.25) is 0 Å². The average Bonchev–Trinajstić information content (AvgIpc) is 2.37. The van der Waals surface area contributed by atoms with Gasteiger partial charge in [0.25, 0.3) is 0 Å². The van der Waals surface area contributed by atoms with Gasteiger partial charge >= 0.3 is 0 Å². The molecule has 4 nitrogen and oxygen atoms in total. The number of hydrogen-bond acceptors (Lipinski definition) is 4. The molecule has 0 bridgehead atoms. The molecule has 1 heterocycles. The van der Waals surface area contributed by atoms with E-state index in [0.29, 0.717) is 5.92 Å². The van der Waals surface area contributed by atoms with E-state index in [2.05, 4.69) is 41.4 Å². The minimum atomic E-state index is 0.715. The van der Waals surface area contributed by atoms with Crippen LogP contribution < -0.4 is 10.6 Å². The molecule has 0 saturated carbocycles. The Balaban J connectivity index is 2.61. The monoisotopic (exact) mass is 250 g/mol. The Morgan fingerprint density at radius 2 is 1.67 bits per heavy atom. The maximum atomic E-state index is 4.42. The fourth-order valence-corrected chi connectivity index (χ4v) is 1.83. The van der Waals surface area contributed by atoms with Gasteiger partial charge in [0.2, 0.25) is 0 Å². The van der Waals surface area contributed by atoms with Gasteiger partial charge in [-0.05, 0) is 19.3 Å². The molecule has 0 saturated heterocycles. The van der Waals surface area contributed by atoms with Crippen molar-refractivity contribution >= 4 is 11.6 Å². The predicted octanol–water partition coefficient (Wildman–Crippen LogP) is 3.46. The lowest BCUT2D eigenvalue weighted by molar-refractivity contribution is 0.518. The van der Waals surface area contributed by atoms with Gasteiger partial charge in [-0.2, -0.15) is 0 Å². The second-order valence-electron chi connectivity index (χ2n) is 4.68. The van der Waals surface area contributed by atoms with E-state index in [-0.39, 0.29) is 0 Å². The number of nitrogens with zero attached hydrogens (tertiary/aromatic N) is 2. The fourth-order valence-electron chi connectivity index (χ4n) is 1.83. The molecule has 0 aliphatic rings. The number of rotatable bonds is 8. The molecule has 0 amide bonds. The molecule has 4 heteroatoms. The first-order valence-corrected chi connectivity index (χ1v) is 7.02. The van der Waals surface area contributed by atoms with Crippen LogP contribution in [0.2, 0.25) is 0 Å². The lowest BCUT2D eigenvalue weighted by atomic mass is 10.0. The van der Waals surface area contributed by atoms with Gasteiger partial charge in [0.15, 0.2) is 0 Å². The van der Waals surface area contributed by atoms with E-state index in [1.807, 2.05) is 13.0 Å². The van der Waals surface area contributed by atoms with Crippen LogP contribution in [0, 0.1) is 12.8 Å². The Labute approximate surface area is 111 Å². The van der Waals surface area contributed by atoms with Gasteiger partial charge < -0.3 is 10.6 Å². The third-order valence-corrected chi connectivity index (χ3v) is 3.12. The Morgan fingerprint density at radius 3 is 2.22 bits per heavy atom. The van der Waals surface area contributed by atoms with Gasteiger partial charge in [0, 0.05) is 19.2 Å². The van der Waals surface area contributed by atoms with Gasteiger partial charge in [-0.25, -0.2) is 9.97 Å². The van der Waals surface area contributed by atoms with Crippen LogP contribution in [-0.2, 0) is 0 Å². The average molecular weight is 250 g/mol. The van der Waals surface area contributed by atoms with E-state index >= 15 is 0 Å². The van der Waals surface area contributed by atoms with Crippen molar-refractivity contribution in [2.45, 2.75) is 47.0 Å². The Morgan fingerprint density at radius 1 is 1.06 bits per heavy atom. The van der Waals surface area contributed by atoms with E-state index in [9.17, 15) is 0 Å². The van der Waals surface area contributed by atoms with Crippen molar-refractivity contribution in [3.05, 3.63) is 11.9 Å². The van der Waals surface area contributed by atoms with Crippen molar-refractivity contribution in [3.8, 4) is 0 Å². The summed E-state index contributed by atoms with van der Waals surface area (Å²) in [7, 11) is 0. The topological polar surface area (TPSA) is 49.8 Å². The smallest absolute Gasteiger partial charge is 0.131 e. The molecule has 1 rings (SSSR count). The number of anilines is 2. The fraction of sp³-hybridized carbons (Fsp3) is 0.714. The summed E-state index contributed by atoms with van der Waals surface area (Å²) in [5.74, 6) is 3.36. The van der Waals surface area contributed by atoms with Crippen molar-refractivity contribution < 1.29 is 0 Å². The quantitative estimate of drug-likeness (QED) is 0.742. The van der Waals surface area contributed by atoms with Crippen LogP contribution >= 0.6 is 0 Å². The van der Waals surface area contributed by atoms with Crippen LogP contribution in [-0.4, -0.2) is 23.1 Å². The SMILES string of the molecule is CCCNc1cc(NCC(CC)CC)nc(C)n1. The molecule has 0 aliphatic carbocycles. The van der Waals surface area contributed by atoms with Crippen molar-refractivity contribution in [1.29, 1.82) is 0 Å². The van der Waals surface area contributed by atoms with Crippen molar-refractivity contribution in [1.82, 2.24) is 9.97 Å². The number of nitrogens with one attached hydrogen (secondary N) is 2. The predicted molar refractivity (Wildman–Crippen MR) is 78.1 cm³/mol. The highest BCUT2D eigenvalue weighted by atomic mass is 15.1. The summed E-state index contributed by atoms with van der Waals surface area (Å²) < 4.78 is 0. The van der Waals surface area contributed by atoms with Gasteiger partial charge in [-0.15, -0.1) is 0 Å². The highest BCUT2D eigenvalue weighted by molar-refractivity contribution is 5.47. The summed E-state index contributed by atoms with van der Waals surface area (Å²) in [6.07, 6.45) is 3.50. The highest BCUT2D eigenvalue weighted by Crippen LogP contribution is 2.13. The molecule has 1 aromatic heterocycles. The van der Waals surface area contributed by atoms with Crippen LogP contribution in [0.5, 0.6) is 0 Å². The number of aromatic nitrogens is 2. The molecule has 0 aromatic carbocycles. The molecule has 0 unspecified atom stereocenters. The van der Waals surface area contributed by atoms with Crippen molar-refractivity contribution in [2.24, 2.45) is 5.92 Å². The molecular formula is C14H26N4. The largest absolute Gasteiger partial charge is 0.370 e. The summed E-state index contributed by atoms with van der Waals surface area (Å²) in [5, 5.41) is 6.71. The molecule has 0 fully saturated rings. The standard InChI is InChI=1S/C14H26N4/c1-5-8-15-13-9-14(18-11(4)17-13)16-10-12(6-2)7-3/h9,12H,5-8,10H2,1-4H3,(H2,15,16,17,18). The molecule has 102 valence electrons. The zero-order chi connectivity index (χ0) is 13.4. The number of aryl methyl sites for hydroxylation is 1. The second kappa shape index (κ2) is 7.90. The zero-order valence-corrected chi connectivity index (χ0v) is 12.1. The Kier molecular flexibility index (Phi) is 6.47. The third-order valence-electron chi connectivity index (χ3n) is 3.12. The minimum Gasteiger partial charge on any atom is -0.370 e. The maximum absolute atomic E-state index is 4.42. The Bertz CT molecular complexity index is 348. The van der Waals surface area contributed by atoms with Crippen LogP contribution in [0.4, 0.5) is 11.6 Å². The van der Waals surface area contributed by atoms with E-state index in [4.69, 9.17) is 0 Å². The summed E-state index contributed by atoms with van der Waals surface area (Å²) in [5.41, 5.74) is 0. The van der Waals surface area contributed by atoms with Crippen LogP contribution in [0.25, 0.3) is 0 Å². The second-order valence-corrected chi connectivity index (χ2v) is 4.68. The van der Waals surface area contributed by atoms with E-state index in [0.717, 1.165) is 37.0 Å². The maximum Gasteiger partial charge on any atom is 0.131 e. The minimum absolute atomic E-state index is 0.715. The highest BCUT2D eigenvalue weighted by Gasteiger charge is 2.05. The molecule has 0 spiro atoms. The lowest BCUT2D eigenvalue weighted by Gasteiger charge is -2.14. The van der Waals surface area contributed by atoms with Gasteiger partial charge in [-0.1, -0.05) is 33.6 Å². The van der Waals surface area contributed by atoms with Crippen LogP contribution in [0.3, 0.4) is 0 Å². The molecule has 0 radical (unpaired) electrons. The normalized spacial score (nSPS) is 10.7. The van der Waals surface area contributed by atoms with E-state index < -0.39 is 0 Å². The molecular weight excluding hydrogens is 224 g/mol. The first-order valence-electron chi connectivity index (χ1n) is 7.02. The zero-order valence-electron chi connectivity index (χ0n) is 12.1. The first kappa shape index (κ1) is 14.7.